The van der Waals surface area contributed by atoms with Gasteiger partial charge >= 0.3 is 6.03 Å². The topological polar surface area (TPSA) is 114 Å². The van der Waals surface area contributed by atoms with Crippen LogP contribution in [0.3, 0.4) is 0 Å². The van der Waals surface area contributed by atoms with Crippen molar-refractivity contribution in [2.24, 2.45) is 10.1 Å². The number of hydrogen-bond donors (Lipinski definition) is 2. The predicted octanol–water partition coefficient (Wildman–Crippen LogP) is 2.38. The van der Waals surface area contributed by atoms with E-state index in [1.807, 2.05) is 35.2 Å². The minimum atomic E-state index is -3.60. The van der Waals surface area contributed by atoms with Gasteiger partial charge in [-0.1, -0.05) is 42.5 Å². The summed E-state index contributed by atoms with van der Waals surface area (Å²) in [6.07, 6.45) is 2.81. The van der Waals surface area contributed by atoms with E-state index in [0.717, 1.165) is 24.8 Å². The molecule has 2 aliphatic heterocycles. The lowest BCUT2D eigenvalue weighted by atomic mass is 10.0. The number of likely N-dealkylation sites (tertiary alicyclic amines) is 1. The molecule has 0 radical (unpaired) electrons. The fourth-order valence-corrected chi connectivity index (χ4v) is 5.12. The Morgan fingerprint density at radius 3 is 2.77 bits per heavy atom. The highest BCUT2D eigenvalue weighted by atomic mass is 32.2. The largest absolute Gasteiger partial charge is 0.491 e. The van der Waals surface area contributed by atoms with Gasteiger partial charge in [0.2, 0.25) is 0 Å². The highest BCUT2D eigenvalue weighted by molar-refractivity contribution is 7.89. The van der Waals surface area contributed by atoms with Gasteiger partial charge in [0, 0.05) is 13.1 Å². The number of carbonyl (C=O) groups is 1. The van der Waals surface area contributed by atoms with Gasteiger partial charge in [-0.2, -0.15) is 0 Å². The summed E-state index contributed by atoms with van der Waals surface area (Å²) >= 11 is 0. The molecular formula is C22H26N4O4S. The summed E-state index contributed by atoms with van der Waals surface area (Å²) in [5, 5.41) is 2.99. The van der Waals surface area contributed by atoms with Crippen molar-refractivity contribution >= 4 is 21.9 Å². The van der Waals surface area contributed by atoms with E-state index in [9.17, 15) is 13.2 Å². The summed E-state index contributed by atoms with van der Waals surface area (Å²) in [7, 11) is -3.60. The number of nitrogens with two attached hydrogens (primary N) is 1. The van der Waals surface area contributed by atoms with Crippen molar-refractivity contribution in [2.75, 3.05) is 13.2 Å². The number of sulfonamides is 1. The Balaban J connectivity index is 1.43. The van der Waals surface area contributed by atoms with Crippen LogP contribution < -0.4 is 15.8 Å². The van der Waals surface area contributed by atoms with Crippen molar-refractivity contribution in [3.8, 4) is 5.75 Å². The van der Waals surface area contributed by atoms with Gasteiger partial charge in [0.25, 0.3) is 10.0 Å². The Morgan fingerprint density at radius 2 is 1.97 bits per heavy atom. The molecule has 1 fully saturated rings. The Morgan fingerprint density at radius 1 is 1.16 bits per heavy atom. The Labute approximate surface area is 182 Å². The monoisotopic (exact) mass is 442 g/mol. The number of nitrogens with zero attached hydrogens (tertiary/aromatic N) is 2. The molecule has 0 bridgehead atoms. The van der Waals surface area contributed by atoms with Gasteiger partial charge in [0.05, 0.1) is 17.4 Å². The van der Waals surface area contributed by atoms with Crippen LogP contribution in [-0.4, -0.2) is 44.4 Å². The lowest BCUT2D eigenvalue weighted by Gasteiger charge is -2.35. The smallest absolute Gasteiger partial charge is 0.318 e. The van der Waals surface area contributed by atoms with E-state index in [1.54, 1.807) is 18.2 Å². The molecule has 2 heterocycles. The van der Waals surface area contributed by atoms with Crippen LogP contribution in [0, 0.1) is 0 Å². The third-order valence-electron chi connectivity index (χ3n) is 5.55. The second-order valence-electron chi connectivity index (χ2n) is 7.79. The summed E-state index contributed by atoms with van der Waals surface area (Å²) in [6, 6.07) is 14.8. The fourth-order valence-electron chi connectivity index (χ4n) is 4.03. The summed E-state index contributed by atoms with van der Waals surface area (Å²) in [4.78, 5) is 14.6. The SMILES string of the molecule is NC1=NS(=O)(=O)Cc2cccc(OC[C@H]3CCCCN3C(=O)NCc3ccccc3)c21. The number of piperidine rings is 1. The Hall–Kier alpha value is -3.07. The third-order valence-corrected chi connectivity index (χ3v) is 6.70. The minimum absolute atomic E-state index is 0.0574. The number of carbonyl (C=O) groups excluding carboxylic acids is 1. The quantitative estimate of drug-likeness (QED) is 0.738. The van der Waals surface area contributed by atoms with Crippen LogP contribution in [0.1, 0.15) is 36.0 Å². The molecule has 0 unspecified atom stereocenters. The Bertz CT molecular complexity index is 1090. The lowest BCUT2D eigenvalue weighted by molar-refractivity contribution is 0.116. The molecule has 2 aromatic rings. The van der Waals surface area contributed by atoms with Crippen molar-refractivity contribution in [1.29, 1.82) is 0 Å². The van der Waals surface area contributed by atoms with E-state index < -0.39 is 10.0 Å². The molecule has 4 rings (SSSR count). The normalized spacial score (nSPS) is 19.8. The summed E-state index contributed by atoms with van der Waals surface area (Å²) in [5.41, 5.74) is 8.06. The second-order valence-corrected chi connectivity index (χ2v) is 9.43. The molecule has 31 heavy (non-hydrogen) atoms. The van der Waals surface area contributed by atoms with E-state index in [4.69, 9.17) is 10.5 Å². The summed E-state index contributed by atoms with van der Waals surface area (Å²) < 4.78 is 33.4. The number of ether oxygens (including phenoxy) is 1. The van der Waals surface area contributed by atoms with Gasteiger partial charge in [-0.15, -0.1) is 4.40 Å². The van der Waals surface area contributed by atoms with Gasteiger partial charge in [-0.05, 0) is 36.5 Å². The van der Waals surface area contributed by atoms with E-state index in [-0.39, 0.29) is 23.7 Å². The van der Waals surface area contributed by atoms with Crippen LogP contribution in [0.2, 0.25) is 0 Å². The first kappa shape index (κ1) is 21.2. The first-order valence-electron chi connectivity index (χ1n) is 10.3. The molecule has 0 aliphatic carbocycles. The molecule has 3 N–H and O–H groups in total. The van der Waals surface area contributed by atoms with Crippen LogP contribution in [0.4, 0.5) is 4.79 Å². The molecule has 2 aromatic carbocycles. The van der Waals surface area contributed by atoms with E-state index in [1.165, 1.54) is 0 Å². The highest BCUT2D eigenvalue weighted by Crippen LogP contribution is 2.29. The van der Waals surface area contributed by atoms with Crippen LogP contribution in [0.5, 0.6) is 5.75 Å². The first-order chi connectivity index (χ1) is 14.9. The zero-order valence-corrected chi connectivity index (χ0v) is 18.0. The zero-order chi connectivity index (χ0) is 21.8. The standard InChI is InChI=1S/C22H26N4O4S/c23-21-20-17(15-31(28,29)25-21)9-6-11-19(20)30-14-18-10-4-5-12-26(18)22(27)24-13-16-7-2-1-3-8-16/h1-3,6-9,11,18H,4-5,10,12-15H2,(H2,23,25)(H,24,27)/t18-/m1/s1. The number of amidine groups is 1. The molecule has 0 spiro atoms. The second kappa shape index (κ2) is 8.97. The highest BCUT2D eigenvalue weighted by Gasteiger charge is 2.29. The molecule has 0 aromatic heterocycles. The number of amides is 2. The maximum absolute atomic E-state index is 12.8. The first-order valence-corrected chi connectivity index (χ1v) is 12.0. The maximum atomic E-state index is 12.8. The molecule has 164 valence electrons. The van der Waals surface area contributed by atoms with E-state index in [0.29, 0.717) is 36.6 Å². The van der Waals surface area contributed by atoms with Crippen molar-refractivity contribution in [3.63, 3.8) is 0 Å². The predicted molar refractivity (Wildman–Crippen MR) is 118 cm³/mol. The van der Waals surface area contributed by atoms with Gasteiger partial charge in [0.1, 0.15) is 18.2 Å². The zero-order valence-electron chi connectivity index (χ0n) is 17.2. The van der Waals surface area contributed by atoms with Crippen molar-refractivity contribution in [3.05, 3.63) is 65.2 Å². The summed E-state index contributed by atoms with van der Waals surface area (Å²) in [6.45, 7) is 1.44. The average molecular weight is 443 g/mol. The van der Waals surface area contributed by atoms with Crippen molar-refractivity contribution in [2.45, 2.75) is 37.6 Å². The lowest BCUT2D eigenvalue weighted by Crippen LogP contribution is -2.50. The number of urea groups is 1. The van der Waals surface area contributed by atoms with Crippen molar-refractivity contribution in [1.82, 2.24) is 10.2 Å². The maximum Gasteiger partial charge on any atom is 0.318 e. The Kier molecular flexibility index (Phi) is 6.13. The summed E-state index contributed by atoms with van der Waals surface area (Å²) in [5.74, 6) is 0.235. The molecule has 9 heteroatoms. The van der Waals surface area contributed by atoms with Gasteiger partial charge in [-0.25, -0.2) is 13.2 Å². The van der Waals surface area contributed by atoms with E-state index >= 15 is 0 Å². The van der Waals surface area contributed by atoms with Crippen LogP contribution in [0.15, 0.2) is 52.9 Å². The number of nitrogens with one attached hydrogen (secondary N) is 1. The third kappa shape index (κ3) is 4.99. The van der Waals surface area contributed by atoms with E-state index in [2.05, 4.69) is 9.71 Å². The molecule has 2 amide bonds. The molecule has 0 saturated carbocycles. The molecule has 1 atom stereocenters. The number of rotatable bonds is 5. The van der Waals surface area contributed by atoms with Gasteiger partial charge in [-0.3, -0.25) is 0 Å². The molecular weight excluding hydrogens is 416 g/mol. The number of hydrogen-bond acceptors (Lipinski definition) is 5. The van der Waals surface area contributed by atoms with Crippen LogP contribution in [-0.2, 0) is 22.3 Å². The van der Waals surface area contributed by atoms with Crippen LogP contribution in [0.25, 0.3) is 0 Å². The van der Waals surface area contributed by atoms with Crippen LogP contribution >= 0.6 is 0 Å². The molecule has 8 nitrogen and oxygen atoms in total. The van der Waals surface area contributed by atoms with Gasteiger partial charge in [0.15, 0.2) is 0 Å². The fraction of sp³-hybridized carbons (Fsp3) is 0.364. The average Bonchev–Trinajstić information content (AvgIpc) is 2.76. The minimum Gasteiger partial charge on any atom is -0.491 e. The molecule has 1 saturated heterocycles. The number of benzene rings is 2. The molecule has 2 aliphatic rings. The van der Waals surface area contributed by atoms with Crippen molar-refractivity contribution < 1.29 is 17.9 Å². The van der Waals surface area contributed by atoms with Gasteiger partial charge < -0.3 is 20.7 Å². The number of fused-ring (bicyclic) bond motifs is 1.